The standard InChI is InChI=1S/C28H26I2N2O6S/c1-6-36-27(35)23-15(4)31-28-32(24(23)19-9-7-8-10-21(19)37-14(2)3)26(34)22(39-28)12-17-11-18(29)13-20(30)25(17)38-16(5)33/h7-14,24H,6H2,1-5H3. The van der Waals surface area contributed by atoms with E-state index in [-0.39, 0.29) is 23.8 Å². The number of aromatic nitrogens is 1. The van der Waals surface area contributed by atoms with Gasteiger partial charge >= 0.3 is 11.9 Å². The molecule has 0 N–H and O–H groups in total. The second kappa shape index (κ2) is 12.3. The van der Waals surface area contributed by atoms with Crippen LogP contribution in [0.1, 0.15) is 51.8 Å². The van der Waals surface area contributed by atoms with Crippen LogP contribution in [0.4, 0.5) is 0 Å². The predicted octanol–water partition coefficient (Wildman–Crippen LogP) is 4.72. The van der Waals surface area contributed by atoms with Crippen LogP contribution in [0.5, 0.6) is 11.5 Å². The van der Waals surface area contributed by atoms with Gasteiger partial charge in [-0.2, -0.15) is 0 Å². The van der Waals surface area contributed by atoms with Crippen LogP contribution in [0.25, 0.3) is 6.08 Å². The van der Waals surface area contributed by atoms with Crippen LogP contribution in [0.2, 0.25) is 0 Å². The molecule has 0 amide bonds. The van der Waals surface area contributed by atoms with Crippen LogP contribution in [0.15, 0.2) is 57.5 Å². The fourth-order valence-electron chi connectivity index (χ4n) is 4.23. The Bertz CT molecular complexity index is 1670. The Morgan fingerprint density at radius 3 is 2.59 bits per heavy atom. The molecule has 0 fully saturated rings. The second-order valence-electron chi connectivity index (χ2n) is 8.91. The number of rotatable bonds is 7. The Morgan fingerprint density at radius 1 is 1.21 bits per heavy atom. The lowest BCUT2D eigenvalue weighted by Gasteiger charge is -2.26. The highest BCUT2D eigenvalue weighted by Gasteiger charge is 2.35. The smallest absolute Gasteiger partial charge is 0.338 e. The number of benzene rings is 2. The lowest BCUT2D eigenvalue weighted by Crippen LogP contribution is -2.40. The van der Waals surface area contributed by atoms with E-state index >= 15 is 0 Å². The maximum Gasteiger partial charge on any atom is 0.338 e. The molecule has 0 spiro atoms. The van der Waals surface area contributed by atoms with Gasteiger partial charge < -0.3 is 14.2 Å². The Hall–Kier alpha value is -2.52. The normalized spacial score (nSPS) is 15.2. The molecule has 0 bridgehead atoms. The molecular formula is C28H26I2N2O6S. The number of para-hydroxylation sites is 1. The predicted molar refractivity (Wildman–Crippen MR) is 166 cm³/mol. The fourth-order valence-corrected chi connectivity index (χ4v) is 7.27. The third-order valence-electron chi connectivity index (χ3n) is 5.66. The molecule has 8 nitrogen and oxygen atoms in total. The summed E-state index contributed by atoms with van der Waals surface area (Å²) in [7, 11) is 0. The molecule has 0 radical (unpaired) electrons. The molecule has 2 heterocycles. The van der Waals surface area contributed by atoms with Crippen molar-refractivity contribution in [1.82, 2.24) is 4.57 Å². The van der Waals surface area contributed by atoms with E-state index in [0.29, 0.717) is 37.7 Å². The summed E-state index contributed by atoms with van der Waals surface area (Å²) in [6.07, 6.45) is 1.57. The van der Waals surface area contributed by atoms with Crippen molar-refractivity contribution in [2.24, 2.45) is 4.99 Å². The van der Waals surface area contributed by atoms with E-state index in [1.807, 2.05) is 50.2 Å². The summed E-state index contributed by atoms with van der Waals surface area (Å²) >= 11 is 5.48. The number of allylic oxidation sites excluding steroid dienone is 1. The zero-order chi connectivity index (χ0) is 28.4. The average molecular weight is 772 g/mol. The Balaban J connectivity index is 2.01. The number of hydrogen-bond acceptors (Lipinski definition) is 8. The minimum absolute atomic E-state index is 0.124. The summed E-state index contributed by atoms with van der Waals surface area (Å²) in [5.41, 5.74) is 1.66. The highest BCUT2D eigenvalue weighted by atomic mass is 127. The number of thiazole rings is 1. The summed E-state index contributed by atoms with van der Waals surface area (Å²) in [5, 5.41) is 0. The number of nitrogens with zero attached hydrogens (tertiary/aromatic N) is 2. The molecule has 0 saturated heterocycles. The van der Waals surface area contributed by atoms with Crippen molar-refractivity contribution in [2.75, 3.05) is 6.61 Å². The van der Waals surface area contributed by atoms with Crippen molar-refractivity contribution in [3.05, 3.63) is 85.6 Å². The van der Waals surface area contributed by atoms with Crippen molar-refractivity contribution in [2.45, 2.75) is 46.8 Å². The van der Waals surface area contributed by atoms with Gasteiger partial charge in [-0.25, -0.2) is 9.79 Å². The van der Waals surface area contributed by atoms with Gasteiger partial charge in [0.05, 0.1) is 32.1 Å². The van der Waals surface area contributed by atoms with Crippen LogP contribution in [-0.4, -0.2) is 29.2 Å². The average Bonchev–Trinajstić information content (AvgIpc) is 3.14. The maximum absolute atomic E-state index is 14.0. The minimum atomic E-state index is -0.804. The largest absolute Gasteiger partial charge is 0.491 e. The van der Waals surface area contributed by atoms with E-state index in [1.54, 1.807) is 19.9 Å². The second-order valence-corrected chi connectivity index (χ2v) is 12.3. The van der Waals surface area contributed by atoms with Crippen LogP contribution >= 0.6 is 56.5 Å². The van der Waals surface area contributed by atoms with Crippen LogP contribution in [0, 0.1) is 7.14 Å². The van der Waals surface area contributed by atoms with Gasteiger partial charge in [-0.15, -0.1) is 0 Å². The molecule has 1 aromatic heterocycles. The quantitative estimate of drug-likeness (QED) is 0.196. The highest BCUT2D eigenvalue weighted by Crippen LogP contribution is 2.36. The lowest BCUT2D eigenvalue weighted by molar-refractivity contribution is -0.139. The summed E-state index contributed by atoms with van der Waals surface area (Å²) in [4.78, 5) is 44.1. The molecule has 1 aliphatic heterocycles. The SMILES string of the molecule is CCOC(=O)C1=C(C)N=c2sc(=Cc3cc(I)cc(I)c3OC(C)=O)c(=O)n2C1c1ccccc1OC(C)C. The molecule has 0 saturated carbocycles. The zero-order valence-electron chi connectivity index (χ0n) is 21.9. The summed E-state index contributed by atoms with van der Waals surface area (Å²) in [6.45, 7) is 8.82. The zero-order valence-corrected chi connectivity index (χ0v) is 27.0. The molecule has 204 valence electrons. The van der Waals surface area contributed by atoms with Crippen LogP contribution in [0.3, 0.4) is 0 Å². The van der Waals surface area contributed by atoms with Crippen molar-refractivity contribution >= 4 is 74.5 Å². The van der Waals surface area contributed by atoms with Gasteiger partial charge in [0.15, 0.2) is 10.6 Å². The van der Waals surface area contributed by atoms with E-state index in [2.05, 4.69) is 50.2 Å². The molecule has 2 aromatic carbocycles. The van der Waals surface area contributed by atoms with E-state index in [1.165, 1.54) is 22.8 Å². The first-order chi connectivity index (χ1) is 18.5. The molecular weight excluding hydrogens is 746 g/mol. The molecule has 3 aromatic rings. The number of fused-ring (bicyclic) bond motifs is 1. The summed E-state index contributed by atoms with van der Waals surface area (Å²) in [6, 6.07) is 10.3. The molecule has 1 unspecified atom stereocenters. The highest BCUT2D eigenvalue weighted by molar-refractivity contribution is 14.1. The minimum Gasteiger partial charge on any atom is -0.491 e. The number of carbonyl (C=O) groups is 2. The van der Waals surface area contributed by atoms with Crippen molar-refractivity contribution < 1.29 is 23.8 Å². The lowest BCUT2D eigenvalue weighted by atomic mass is 9.95. The van der Waals surface area contributed by atoms with Gasteiger partial charge in [0.25, 0.3) is 5.56 Å². The van der Waals surface area contributed by atoms with Gasteiger partial charge in [0.1, 0.15) is 11.8 Å². The Morgan fingerprint density at radius 2 is 1.92 bits per heavy atom. The topological polar surface area (TPSA) is 96.2 Å². The summed E-state index contributed by atoms with van der Waals surface area (Å²) in [5.74, 6) is -0.0544. The van der Waals surface area contributed by atoms with Crippen LogP contribution in [-0.2, 0) is 14.3 Å². The summed E-state index contributed by atoms with van der Waals surface area (Å²) < 4.78 is 20.5. The fraction of sp³-hybridized carbons (Fsp3) is 0.286. The molecule has 11 heteroatoms. The first kappa shape index (κ1) is 29.5. The van der Waals surface area contributed by atoms with E-state index in [4.69, 9.17) is 14.2 Å². The van der Waals surface area contributed by atoms with Gasteiger partial charge in [-0.1, -0.05) is 29.5 Å². The number of ether oxygens (including phenoxy) is 3. The number of halogens is 2. The van der Waals surface area contributed by atoms with Crippen LogP contribution < -0.4 is 24.4 Å². The van der Waals surface area contributed by atoms with Crippen molar-refractivity contribution in [1.29, 1.82) is 0 Å². The molecule has 1 atom stereocenters. The van der Waals surface area contributed by atoms with Gasteiger partial charge in [0.2, 0.25) is 0 Å². The first-order valence-corrected chi connectivity index (χ1v) is 15.1. The molecule has 4 rings (SSSR count). The van der Waals surface area contributed by atoms with E-state index < -0.39 is 18.0 Å². The molecule has 0 aliphatic carbocycles. The third kappa shape index (κ3) is 6.30. The van der Waals surface area contributed by atoms with Crippen molar-refractivity contribution in [3.8, 4) is 11.5 Å². The first-order valence-electron chi connectivity index (χ1n) is 12.1. The molecule has 1 aliphatic rings. The number of hydrogen-bond donors (Lipinski definition) is 0. The van der Waals surface area contributed by atoms with Gasteiger partial charge in [-0.05, 0) is 97.2 Å². The van der Waals surface area contributed by atoms with Gasteiger partial charge in [0, 0.05) is 21.6 Å². The Kier molecular flexibility index (Phi) is 9.32. The maximum atomic E-state index is 14.0. The number of carbonyl (C=O) groups excluding carboxylic acids is 2. The monoisotopic (exact) mass is 772 g/mol. The van der Waals surface area contributed by atoms with E-state index in [9.17, 15) is 14.4 Å². The van der Waals surface area contributed by atoms with Crippen molar-refractivity contribution in [3.63, 3.8) is 0 Å². The van der Waals surface area contributed by atoms with Gasteiger partial charge in [-0.3, -0.25) is 14.2 Å². The van der Waals surface area contributed by atoms with E-state index in [0.717, 1.165) is 7.14 Å². The Labute approximate surface area is 256 Å². The number of esters is 2. The molecule has 39 heavy (non-hydrogen) atoms. The third-order valence-corrected chi connectivity index (χ3v) is 8.07.